The van der Waals surface area contributed by atoms with Gasteiger partial charge in [-0.15, -0.1) is 0 Å². The van der Waals surface area contributed by atoms with Crippen molar-refractivity contribution in [1.29, 1.82) is 0 Å². The summed E-state index contributed by atoms with van der Waals surface area (Å²) in [5, 5.41) is 3.15. The predicted octanol–water partition coefficient (Wildman–Crippen LogP) is 7.71. The van der Waals surface area contributed by atoms with E-state index in [9.17, 15) is 19.2 Å². The first kappa shape index (κ1) is 34.6. The number of primary amides is 1. The Kier molecular flexibility index (Phi) is 11.1. The Labute approximate surface area is 294 Å². The first-order valence-electron chi connectivity index (χ1n) is 17.9. The summed E-state index contributed by atoms with van der Waals surface area (Å²) in [7, 11) is 0. The van der Waals surface area contributed by atoms with Crippen LogP contribution in [-0.2, 0) is 14.4 Å². The minimum atomic E-state index is -0.977. The highest BCUT2D eigenvalue weighted by Gasteiger charge is 2.40. The second kappa shape index (κ2) is 16.0. The summed E-state index contributed by atoms with van der Waals surface area (Å²) in [6, 6.07) is 32.6. The molecule has 0 spiro atoms. The summed E-state index contributed by atoms with van der Waals surface area (Å²) in [5.74, 6) is -2.19. The molecule has 0 bridgehead atoms. The van der Waals surface area contributed by atoms with Gasteiger partial charge in [-0.3, -0.25) is 24.1 Å². The van der Waals surface area contributed by atoms with E-state index in [0.717, 1.165) is 49.9 Å². The van der Waals surface area contributed by atoms with Crippen LogP contribution in [0, 0.1) is 17.8 Å². The number of nitrogens with zero attached hydrogens (tertiary/aromatic N) is 2. The van der Waals surface area contributed by atoms with Gasteiger partial charge in [0.1, 0.15) is 6.04 Å². The van der Waals surface area contributed by atoms with Crippen LogP contribution >= 0.6 is 0 Å². The minimum absolute atomic E-state index is 0.155. The van der Waals surface area contributed by atoms with Crippen LogP contribution in [-0.4, -0.2) is 36.1 Å². The number of carbonyl (C=O) groups is 4. The second-order valence-corrected chi connectivity index (χ2v) is 13.6. The van der Waals surface area contributed by atoms with Crippen molar-refractivity contribution in [3.05, 3.63) is 120 Å². The number of benzene rings is 4. The first-order valence-corrected chi connectivity index (χ1v) is 17.9. The van der Waals surface area contributed by atoms with Crippen molar-refractivity contribution in [3.63, 3.8) is 0 Å². The van der Waals surface area contributed by atoms with E-state index in [1.807, 2.05) is 83.8 Å². The van der Waals surface area contributed by atoms with Crippen LogP contribution in [0.25, 0.3) is 0 Å². The average molecular weight is 671 g/mol. The van der Waals surface area contributed by atoms with Gasteiger partial charge in [0.25, 0.3) is 5.91 Å². The van der Waals surface area contributed by atoms with Gasteiger partial charge in [-0.1, -0.05) is 118 Å². The number of carbonyl (C=O) groups excluding carboxylic acids is 4. The van der Waals surface area contributed by atoms with Crippen LogP contribution in [0.1, 0.15) is 74.2 Å². The summed E-state index contributed by atoms with van der Waals surface area (Å²) in [6.07, 6.45) is 7.04. The van der Waals surface area contributed by atoms with Gasteiger partial charge in [-0.25, -0.2) is 0 Å². The molecular weight excluding hydrogens is 624 g/mol. The maximum absolute atomic E-state index is 14.9. The fourth-order valence-corrected chi connectivity index (χ4v) is 7.59. The fraction of sp³-hybridized carbons (Fsp3) is 0.333. The molecule has 1 aliphatic heterocycles. The lowest BCUT2D eigenvalue weighted by Crippen LogP contribution is -2.53. The molecule has 3 amide bonds. The van der Waals surface area contributed by atoms with E-state index < -0.39 is 23.8 Å². The lowest BCUT2D eigenvalue weighted by molar-refractivity contribution is -0.136. The maximum atomic E-state index is 14.9. The largest absolute Gasteiger partial charge is 0.369 e. The van der Waals surface area contributed by atoms with E-state index >= 15 is 0 Å². The van der Waals surface area contributed by atoms with Gasteiger partial charge in [0, 0.05) is 34.3 Å². The molecule has 3 N–H and O–H groups in total. The number of unbranched alkanes of at least 4 members (excludes halogenated alkanes) is 1. The molecule has 8 heteroatoms. The summed E-state index contributed by atoms with van der Waals surface area (Å²) in [4.78, 5) is 59.5. The number of hydrogen-bond donors (Lipinski definition) is 2. The highest BCUT2D eigenvalue weighted by Crippen LogP contribution is 2.41. The molecule has 0 radical (unpaired) electrons. The molecule has 0 aromatic heterocycles. The van der Waals surface area contributed by atoms with Crippen LogP contribution < -0.4 is 20.9 Å². The molecule has 1 aliphatic carbocycles. The number of rotatable bonds is 13. The molecule has 6 rings (SSSR count). The zero-order valence-electron chi connectivity index (χ0n) is 28.7. The zero-order chi connectivity index (χ0) is 35.0. The minimum Gasteiger partial charge on any atom is -0.369 e. The highest BCUT2D eigenvalue weighted by atomic mass is 16.2. The number of fused-ring (bicyclic) bond motifs is 1. The Morgan fingerprint density at radius 1 is 0.780 bits per heavy atom. The molecule has 1 unspecified atom stereocenters. The quantitative estimate of drug-likeness (QED) is 0.142. The number of ketones is 1. The Bertz CT molecular complexity index is 1800. The van der Waals surface area contributed by atoms with Gasteiger partial charge < -0.3 is 16.0 Å². The van der Waals surface area contributed by atoms with Crippen LogP contribution in [0.3, 0.4) is 0 Å². The third kappa shape index (κ3) is 7.65. The molecule has 3 atom stereocenters. The van der Waals surface area contributed by atoms with Crippen LogP contribution in [0.5, 0.6) is 0 Å². The van der Waals surface area contributed by atoms with Crippen molar-refractivity contribution in [2.45, 2.75) is 64.3 Å². The molecule has 1 fully saturated rings. The van der Waals surface area contributed by atoms with Crippen molar-refractivity contribution < 1.29 is 19.2 Å². The lowest BCUT2D eigenvalue weighted by Gasteiger charge is -2.30. The number of anilines is 4. The molecular formula is C42H46N4O4. The standard InChI is InChI=1S/C42H46N4O4/c1-2-3-23-34(40(43)48)35(26-29-15-10-11-16-29)41(49)44-36-28-45(32-20-8-5-9-21-32)37-24-12-13-25-38(37)46(42(36)50)33-22-14-19-31(27-33)39(47)30-17-6-4-7-18-30/h4-9,12-14,17-22,24-25,27,29,34-36H,2-3,10-11,15-16,23,26,28H2,1H3,(H2,43,48)(H,44,49)/t34-,35+,36?/m0/s1. The summed E-state index contributed by atoms with van der Waals surface area (Å²) in [5.41, 5.74) is 9.76. The number of para-hydroxylation sites is 3. The Hall–Kier alpha value is -5.24. The molecule has 1 saturated carbocycles. The number of amides is 3. The van der Waals surface area contributed by atoms with Crippen molar-refractivity contribution >= 4 is 46.3 Å². The van der Waals surface area contributed by atoms with Gasteiger partial charge >= 0.3 is 0 Å². The van der Waals surface area contributed by atoms with E-state index in [2.05, 4.69) is 12.2 Å². The molecule has 4 aromatic rings. The lowest BCUT2D eigenvalue weighted by atomic mass is 9.80. The third-order valence-electron chi connectivity index (χ3n) is 10.2. The van der Waals surface area contributed by atoms with Crippen molar-refractivity contribution in [2.75, 3.05) is 16.3 Å². The van der Waals surface area contributed by atoms with Crippen LogP contribution in [0.15, 0.2) is 109 Å². The molecule has 0 saturated heterocycles. The van der Waals surface area contributed by atoms with Gasteiger partial charge in [-0.05, 0) is 55.2 Å². The number of nitrogens with two attached hydrogens (primary N) is 1. The summed E-state index contributed by atoms with van der Waals surface area (Å²) < 4.78 is 0. The van der Waals surface area contributed by atoms with Crippen LogP contribution in [0.2, 0.25) is 0 Å². The highest BCUT2D eigenvalue weighted by molar-refractivity contribution is 6.12. The average Bonchev–Trinajstić information content (AvgIpc) is 3.63. The number of hydrogen-bond acceptors (Lipinski definition) is 5. The SMILES string of the molecule is CCCC[C@H](C(N)=O)[C@@H](CC1CCCC1)C(=O)NC1CN(c2ccccc2)c2ccccc2N(c2cccc(C(=O)c3ccccc3)c2)C1=O. The monoisotopic (exact) mass is 670 g/mol. The molecule has 8 nitrogen and oxygen atoms in total. The molecule has 1 heterocycles. The van der Waals surface area contributed by atoms with Crippen LogP contribution in [0.4, 0.5) is 22.7 Å². The van der Waals surface area contributed by atoms with Gasteiger partial charge in [0.2, 0.25) is 11.8 Å². The maximum Gasteiger partial charge on any atom is 0.256 e. The van der Waals surface area contributed by atoms with E-state index in [0.29, 0.717) is 41.3 Å². The second-order valence-electron chi connectivity index (χ2n) is 13.6. The normalized spacial score (nSPS) is 17.5. The summed E-state index contributed by atoms with van der Waals surface area (Å²) >= 11 is 0. The van der Waals surface area contributed by atoms with E-state index in [1.165, 1.54) is 0 Å². The molecule has 50 heavy (non-hydrogen) atoms. The Balaban J connectivity index is 1.41. The fourth-order valence-electron chi connectivity index (χ4n) is 7.59. The van der Waals surface area contributed by atoms with Gasteiger partial charge in [0.15, 0.2) is 5.78 Å². The predicted molar refractivity (Wildman–Crippen MR) is 198 cm³/mol. The third-order valence-corrected chi connectivity index (χ3v) is 10.2. The topological polar surface area (TPSA) is 113 Å². The molecule has 2 aliphatic rings. The van der Waals surface area contributed by atoms with Gasteiger partial charge in [0.05, 0.1) is 17.9 Å². The van der Waals surface area contributed by atoms with Gasteiger partial charge in [-0.2, -0.15) is 0 Å². The summed E-state index contributed by atoms with van der Waals surface area (Å²) in [6.45, 7) is 2.22. The first-order chi connectivity index (χ1) is 24.4. The van der Waals surface area contributed by atoms with Crippen molar-refractivity contribution in [3.8, 4) is 0 Å². The van der Waals surface area contributed by atoms with E-state index in [1.54, 1.807) is 35.2 Å². The van der Waals surface area contributed by atoms with Crippen molar-refractivity contribution in [1.82, 2.24) is 5.32 Å². The van der Waals surface area contributed by atoms with Crippen molar-refractivity contribution in [2.24, 2.45) is 23.5 Å². The number of nitrogens with one attached hydrogen (secondary N) is 1. The molecule has 258 valence electrons. The van der Waals surface area contributed by atoms with E-state index in [-0.39, 0.29) is 24.1 Å². The Morgan fingerprint density at radius 2 is 1.40 bits per heavy atom. The van der Waals surface area contributed by atoms with E-state index in [4.69, 9.17) is 5.73 Å². The molecule has 4 aromatic carbocycles. The smallest absolute Gasteiger partial charge is 0.256 e. The zero-order valence-corrected chi connectivity index (χ0v) is 28.7. The Morgan fingerprint density at radius 3 is 2.08 bits per heavy atom.